The van der Waals surface area contributed by atoms with E-state index in [0.717, 1.165) is 0 Å². The zero-order valence-corrected chi connectivity index (χ0v) is 7.98. The second-order valence-corrected chi connectivity index (χ2v) is 4.00. The number of rotatable bonds is 0. The summed E-state index contributed by atoms with van der Waals surface area (Å²) < 4.78 is 49.0. The van der Waals surface area contributed by atoms with Gasteiger partial charge in [0.05, 0.1) is 0 Å². The van der Waals surface area contributed by atoms with E-state index in [0.29, 0.717) is 6.20 Å². The van der Waals surface area contributed by atoms with E-state index < -0.39 is 17.7 Å². The summed E-state index contributed by atoms with van der Waals surface area (Å²) >= 11 is 0. The minimum absolute atomic E-state index is 0.0465. The van der Waals surface area contributed by atoms with E-state index in [1.165, 1.54) is 0 Å². The van der Waals surface area contributed by atoms with Crippen molar-refractivity contribution in [3.63, 3.8) is 0 Å². The van der Waals surface area contributed by atoms with Gasteiger partial charge < -0.3 is 0 Å². The van der Waals surface area contributed by atoms with Crippen molar-refractivity contribution < 1.29 is 17.6 Å². The molecule has 1 aromatic rings. The predicted octanol–water partition coefficient (Wildman–Crippen LogP) is 2.80. The fraction of sp³-hybridized carbons (Fsp3) is 0.625. The molecule has 80 valence electrons. The summed E-state index contributed by atoms with van der Waals surface area (Å²) in [5.74, 6) is -1.07. The highest BCUT2D eigenvalue weighted by molar-refractivity contribution is 5.17. The second-order valence-electron chi connectivity index (χ2n) is 4.00. The zero-order chi connectivity index (χ0) is 11.1. The minimum atomic E-state index is -4.66. The third-order valence-electron chi connectivity index (χ3n) is 1.74. The van der Waals surface area contributed by atoms with E-state index in [-0.39, 0.29) is 10.2 Å². The molecule has 0 spiro atoms. The van der Waals surface area contributed by atoms with Gasteiger partial charge in [-0.05, 0) is 5.41 Å². The van der Waals surface area contributed by atoms with E-state index in [1.807, 2.05) is 0 Å². The number of aromatic nitrogens is 2. The monoisotopic (exact) mass is 210 g/mol. The lowest BCUT2D eigenvalue weighted by Crippen LogP contribution is -2.17. The van der Waals surface area contributed by atoms with Gasteiger partial charge in [0.25, 0.3) is 0 Å². The van der Waals surface area contributed by atoms with Gasteiger partial charge in [-0.2, -0.15) is 9.07 Å². The van der Waals surface area contributed by atoms with Crippen LogP contribution in [-0.2, 0) is 11.7 Å². The summed E-state index contributed by atoms with van der Waals surface area (Å²) in [7, 11) is 0. The molecular formula is C8H10F4N2. The molecule has 14 heavy (non-hydrogen) atoms. The smallest absolute Gasteiger partial charge is 0.183 e. The first-order valence-electron chi connectivity index (χ1n) is 3.95. The molecule has 1 aromatic heterocycles. The fourth-order valence-corrected chi connectivity index (χ4v) is 0.986. The van der Waals surface area contributed by atoms with Crippen LogP contribution in [0.2, 0.25) is 0 Å². The molecule has 1 heterocycles. The normalized spacial score (nSPS) is 13.4. The molecule has 1 rings (SSSR count). The molecule has 0 saturated heterocycles. The van der Waals surface area contributed by atoms with Crippen LogP contribution in [-0.4, -0.2) is 9.78 Å². The average molecular weight is 210 g/mol. The molecular weight excluding hydrogens is 200 g/mol. The van der Waals surface area contributed by atoms with Gasteiger partial charge in [0.1, 0.15) is 0 Å². The van der Waals surface area contributed by atoms with E-state index in [2.05, 4.69) is 5.10 Å². The first-order chi connectivity index (χ1) is 6.12. The van der Waals surface area contributed by atoms with Crippen LogP contribution in [0.25, 0.3) is 0 Å². The maximum absolute atomic E-state index is 13.0. The van der Waals surface area contributed by atoms with Crippen molar-refractivity contribution >= 4 is 0 Å². The van der Waals surface area contributed by atoms with Crippen molar-refractivity contribution in [2.45, 2.75) is 32.5 Å². The molecule has 0 aliphatic heterocycles. The third kappa shape index (κ3) is 2.05. The molecule has 0 aromatic carbocycles. The lowest BCUT2D eigenvalue weighted by Gasteiger charge is -2.15. The van der Waals surface area contributed by atoms with Crippen LogP contribution in [0.4, 0.5) is 17.6 Å². The molecule has 0 aliphatic rings. The molecule has 6 heteroatoms. The van der Waals surface area contributed by atoms with Gasteiger partial charge in [0, 0.05) is 11.8 Å². The quantitative estimate of drug-likeness (QED) is 0.602. The van der Waals surface area contributed by atoms with Crippen molar-refractivity contribution in [3.8, 4) is 0 Å². The fourth-order valence-electron chi connectivity index (χ4n) is 0.986. The summed E-state index contributed by atoms with van der Waals surface area (Å²) in [5.41, 5.74) is -0.733. The van der Waals surface area contributed by atoms with Crippen LogP contribution >= 0.6 is 0 Å². The van der Waals surface area contributed by atoms with E-state index >= 15 is 0 Å². The van der Waals surface area contributed by atoms with Crippen LogP contribution in [0.3, 0.4) is 0 Å². The van der Waals surface area contributed by atoms with Crippen LogP contribution in [0.15, 0.2) is 6.20 Å². The van der Waals surface area contributed by atoms with Crippen molar-refractivity contribution in [1.82, 2.24) is 9.78 Å². The Labute approximate surface area is 78.5 Å². The van der Waals surface area contributed by atoms with Crippen molar-refractivity contribution in [3.05, 3.63) is 17.7 Å². The highest BCUT2D eigenvalue weighted by Gasteiger charge is 2.35. The lowest BCUT2D eigenvalue weighted by molar-refractivity contribution is -0.212. The molecule has 0 unspecified atom stereocenters. The number of alkyl halides is 3. The van der Waals surface area contributed by atoms with Crippen molar-refractivity contribution in [2.24, 2.45) is 0 Å². The maximum atomic E-state index is 13.0. The summed E-state index contributed by atoms with van der Waals surface area (Å²) in [4.78, 5) is 0. The summed E-state index contributed by atoms with van der Waals surface area (Å²) in [6.45, 7) is 4.86. The van der Waals surface area contributed by atoms with Gasteiger partial charge in [-0.3, -0.25) is 0 Å². The zero-order valence-electron chi connectivity index (χ0n) is 7.98. The molecule has 0 fully saturated rings. The summed E-state index contributed by atoms with van der Waals surface area (Å²) in [6.07, 6.45) is -3.99. The molecule has 0 saturated carbocycles. The Morgan fingerprint density at radius 1 is 1.21 bits per heavy atom. The summed E-state index contributed by atoms with van der Waals surface area (Å²) in [6, 6.07) is 0. The van der Waals surface area contributed by atoms with Gasteiger partial charge >= 0.3 is 6.30 Å². The van der Waals surface area contributed by atoms with Crippen LogP contribution in [0.5, 0.6) is 0 Å². The lowest BCUT2D eigenvalue weighted by atomic mass is 9.89. The average Bonchev–Trinajstić information content (AvgIpc) is 2.27. The Hall–Kier alpha value is -1.07. The standard InChI is InChI=1S/C8H10F4N2/c1-7(2,3)5-4-14(8(10,11)12)13-6(5)9/h4H,1-3H3. The number of halogens is 4. The highest BCUT2D eigenvalue weighted by Crippen LogP contribution is 2.28. The minimum Gasteiger partial charge on any atom is -0.183 e. The topological polar surface area (TPSA) is 17.8 Å². The first kappa shape index (κ1) is 11.0. The Kier molecular flexibility index (Phi) is 2.33. The van der Waals surface area contributed by atoms with E-state index in [9.17, 15) is 17.6 Å². The summed E-state index contributed by atoms with van der Waals surface area (Å²) in [5, 5.41) is 2.77. The highest BCUT2D eigenvalue weighted by atomic mass is 19.4. The number of hydrogen-bond acceptors (Lipinski definition) is 1. The number of hydrogen-bond donors (Lipinski definition) is 0. The van der Waals surface area contributed by atoms with Gasteiger partial charge in [-0.25, -0.2) is 0 Å². The Balaban J connectivity index is 3.19. The Morgan fingerprint density at radius 3 is 1.93 bits per heavy atom. The molecule has 0 atom stereocenters. The van der Waals surface area contributed by atoms with Crippen molar-refractivity contribution in [2.75, 3.05) is 0 Å². The third-order valence-corrected chi connectivity index (χ3v) is 1.74. The van der Waals surface area contributed by atoms with E-state index in [1.54, 1.807) is 20.8 Å². The predicted molar refractivity (Wildman–Crippen MR) is 42.2 cm³/mol. The molecule has 0 aliphatic carbocycles. The number of nitrogens with zero attached hydrogens (tertiary/aromatic N) is 2. The van der Waals surface area contributed by atoms with Crippen LogP contribution in [0.1, 0.15) is 26.3 Å². The molecule has 0 N–H and O–H groups in total. The first-order valence-corrected chi connectivity index (χ1v) is 3.95. The molecule has 2 nitrogen and oxygen atoms in total. The molecule has 0 radical (unpaired) electrons. The largest absolute Gasteiger partial charge is 0.504 e. The van der Waals surface area contributed by atoms with Crippen molar-refractivity contribution in [1.29, 1.82) is 0 Å². The second kappa shape index (κ2) is 2.96. The maximum Gasteiger partial charge on any atom is 0.504 e. The van der Waals surface area contributed by atoms with Crippen LogP contribution in [0, 0.1) is 5.95 Å². The van der Waals surface area contributed by atoms with Gasteiger partial charge in [-0.15, -0.1) is 18.3 Å². The van der Waals surface area contributed by atoms with Gasteiger partial charge in [-0.1, -0.05) is 20.8 Å². The Bertz CT molecular complexity index is 332. The molecule has 0 bridgehead atoms. The SMILES string of the molecule is CC(C)(C)c1cn(C(F)(F)F)nc1F. The van der Waals surface area contributed by atoms with E-state index in [4.69, 9.17) is 0 Å². The molecule has 0 amide bonds. The van der Waals surface area contributed by atoms with Gasteiger partial charge in [0.2, 0.25) is 5.95 Å². The van der Waals surface area contributed by atoms with Crippen LogP contribution < -0.4 is 0 Å². The Morgan fingerprint density at radius 2 is 1.71 bits per heavy atom. The van der Waals surface area contributed by atoms with Gasteiger partial charge in [0.15, 0.2) is 0 Å².